The zero-order valence-electron chi connectivity index (χ0n) is 8.87. The van der Waals surface area contributed by atoms with Crippen molar-refractivity contribution in [2.45, 2.75) is 19.4 Å². The monoisotopic (exact) mass is 237 g/mol. The van der Waals surface area contributed by atoms with Crippen molar-refractivity contribution in [3.8, 4) is 0 Å². The first-order valence-electron chi connectivity index (χ1n) is 5.10. The molecule has 2 N–H and O–H groups in total. The van der Waals surface area contributed by atoms with Crippen LogP contribution in [0.4, 0.5) is 0 Å². The summed E-state index contributed by atoms with van der Waals surface area (Å²) < 4.78 is 5.29. The topological polar surface area (TPSA) is 52.3 Å². The highest BCUT2D eigenvalue weighted by Crippen LogP contribution is 2.29. The van der Waals surface area contributed by atoms with Crippen molar-refractivity contribution in [1.82, 2.24) is 0 Å². The van der Waals surface area contributed by atoms with E-state index in [0.29, 0.717) is 22.6 Å². The molecule has 0 bridgehead atoms. The minimum atomic E-state index is -0.450. The van der Waals surface area contributed by atoms with Crippen LogP contribution in [0.2, 0.25) is 5.02 Å². The molecule has 84 valence electrons. The number of halogens is 1. The van der Waals surface area contributed by atoms with Gasteiger partial charge in [0.2, 0.25) is 5.78 Å². The summed E-state index contributed by atoms with van der Waals surface area (Å²) in [6.45, 7) is 1.89. The maximum absolute atomic E-state index is 12.0. The number of carbonyl (C=O) groups is 1. The van der Waals surface area contributed by atoms with Crippen LogP contribution in [0.5, 0.6) is 0 Å². The van der Waals surface area contributed by atoms with E-state index in [1.807, 2.05) is 6.92 Å². The van der Waals surface area contributed by atoms with Crippen LogP contribution >= 0.6 is 11.6 Å². The smallest absolute Gasteiger partial charge is 0.209 e. The quantitative estimate of drug-likeness (QED) is 0.859. The molecule has 0 aliphatic carbocycles. The lowest BCUT2D eigenvalue weighted by atomic mass is 10.00. The molecule has 3 nitrogen and oxygen atoms in total. The summed E-state index contributed by atoms with van der Waals surface area (Å²) in [5.74, 6) is 0.126. The molecule has 1 unspecified atom stereocenters. The van der Waals surface area contributed by atoms with Gasteiger partial charge < -0.3 is 10.5 Å². The predicted molar refractivity (Wildman–Crippen MR) is 62.7 cm³/mol. The van der Waals surface area contributed by atoms with Crippen LogP contribution in [0.3, 0.4) is 0 Å². The van der Waals surface area contributed by atoms with Crippen LogP contribution in [-0.2, 0) is 9.53 Å². The fraction of sp³-hybridized carbons (Fsp3) is 0.250. The summed E-state index contributed by atoms with van der Waals surface area (Å²) in [7, 11) is 0. The first kappa shape index (κ1) is 11.0. The number of ether oxygens (including phenoxy) is 1. The first-order valence-corrected chi connectivity index (χ1v) is 5.47. The van der Waals surface area contributed by atoms with Gasteiger partial charge in [-0.05, 0) is 24.1 Å². The largest absolute Gasteiger partial charge is 0.467 e. The number of benzene rings is 1. The van der Waals surface area contributed by atoms with E-state index < -0.39 is 6.10 Å². The third-order valence-corrected chi connectivity index (χ3v) is 2.77. The molecular formula is C12H12ClNO2. The Hall–Kier alpha value is -1.48. The number of Topliss-reactive ketones (excluding diaryl/α,β-unsaturated/α-hetero) is 1. The van der Waals surface area contributed by atoms with Crippen LogP contribution in [0.15, 0.2) is 30.1 Å². The maximum atomic E-state index is 12.0. The molecule has 1 aromatic rings. The van der Waals surface area contributed by atoms with Crippen LogP contribution in [0, 0.1) is 0 Å². The molecule has 0 fully saturated rings. The van der Waals surface area contributed by atoms with Crippen molar-refractivity contribution in [3.63, 3.8) is 0 Å². The van der Waals surface area contributed by atoms with Gasteiger partial charge in [-0.25, -0.2) is 0 Å². The summed E-state index contributed by atoms with van der Waals surface area (Å²) in [6.07, 6.45) is 0.165. The van der Waals surface area contributed by atoms with Gasteiger partial charge in [-0.1, -0.05) is 30.7 Å². The van der Waals surface area contributed by atoms with Crippen molar-refractivity contribution >= 4 is 23.0 Å². The molecule has 1 atom stereocenters. The van der Waals surface area contributed by atoms with E-state index in [1.54, 1.807) is 24.3 Å². The zero-order valence-corrected chi connectivity index (χ0v) is 9.62. The molecule has 16 heavy (non-hydrogen) atoms. The lowest BCUT2D eigenvalue weighted by Crippen LogP contribution is -2.16. The molecule has 0 aromatic heterocycles. The Morgan fingerprint density at radius 3 is 2.81 bits per heavy atom. The molecule has 1 aliphatic heterocycles. The number of hydrogen-bond donors (Lipinski definition) is 1. The SMILES string of the molecule is CCC1OC(N)=C(c2cccc(Cl)c2)C1=O. The van der Waals surface area contributed by atoms with Crippen molar-refractivity contribution < 1.29 is 9.53 Å². The highest BCUT2D eigenvalue weighted by molar-refractivity contribution is 6.31. The average molecular weight is 238 g/mol. The number of carbonyl (C=O) groups excluding carboxylic acids is 1. The third-order valence-electron chi connectivity index (χ3n) is 2.54. The Morgan fingerprint density at radius 2 is 2.25 bits per heavy atom. The van der Waals surface area contributed by atoms with Crippen molar-refractivity contribution in [1.29, 1.82) is 0 Å². The van der Waals surface area contributed by atoms with E-state index in [-0.39, 0.29) is 11.7 Å². The second-order valence-electron chi connectivity index (χ2n) is 3.63. The molecule has 0 saturated carbocycles. The van der Waals surface area contributed by atoms with Gasteiger partial charge in [0.25, 0.3) is 0 Å². The fourth-order valence-electron chi connectivity index (χ4n) is 1.75. The molecular weight excluding hydrogens is 226 g/mol. The number of hydrogen-bond acceptors (Lipinski definition) is 3. The van der Waals surface area contributed by atoms with Gasteiger partial charge in [-0.3, -0.25) is 4.79 Å². The fourth-order valence-corrected chi connectivity index (χ4v) is 1.94. The van der Waals surface area contributed by atoms with Gasteiger partial charge in [-0.2, -0.15) is 0 Å². The van der Waals surface area contributed by atoms with E-state index in [4.69, 9.17) is 22.1 Å². The molecule has 2 rings (SSSR count). The average Bonchev–Trinajstić information content (AvgIpc) is 2.53. The maximum Gasteiger partial charge on any atom is 0.209 e. The van der Waals surface area contributed by atoms with Gasteiger partial charge in [-0.15, -0.1) is 0 Å². The Bertz CT molecular complexity index is 468. The predicted octanol–water partition coefficient (Wildman–Crippen LogP) is 2.35. The molecule has 0 spiro atoms. The summed E-state index contributed by atoms with van der Waals surface area (Å²) >= 11 is 5.87. The van der Waals surface area contributed by atoms with Gasteiger partial charge >= 0.3 is 0 Å². The number of nitrogens with two attached hydrogens (primary N) is 1. The first-order chi connectivity index (χ1) is 7.63. The zero-order chi connectivity index (χ0) is 11.7. The Kier molecular flexibility index (Phi) is 2.88. The van der Waals surface area contributed by atoms with Gasteiger partial charge in [0.05, 0.1) is 5.57 Å². The molecule has 0 saturated heterocycles. The standard InChI is InChI=1S/C12H12ClNO2/c1-2-9-11(15)10(12(14)16-9)7-4-3-5-8(13)6-7/h3-6,9H,2,14H2,1H3. The lowest BCUT2D eigenvalue weighted by Gasteiger charge is -2.05. The Morgan fingerprint density at radius 1 is 1.50 bits per heavy atom. The van der Waals surface area contributed by atoms with Crippen LogP contribution in [0.1, 0.15) is 18.9 Å². The van der Waals surface area contributed by atoms with E-state index in [2.05, 4.69) is 0 Å². The van der Waals surface area contributed by atoms with Gasteiger partial charge in [0, 0.05) is 5.02 Å². The highest BCUT2D eigenvalue weighted by atomic mass is 35.5. The van der Waals surface area contributed by atoms with Crippen LogP contribution < -0.4 is 5.73 Å². The molecule has 1 aromatic carbocycles. The second-order valence-corrected chi connectivity index (χ2v) is 4.07. The Balaban J connectivity index is 2.41. The molecule has 0 radical (unpaired) electrons. The van der Waals surface area contributed by atoms with E-state index in [9.17, 15) is 4.79 Å². The molecule has 1 heterocycles. The number of rotatable bonds is 2. The second kappa shape index (κ2) is 4.18. The summed E-state index contributed by atoms with van der Waals surface area (Å²) in [5.41, 5.74) is 6.86. The van der Waals surface area contributed by atoms with E-state index >= 15 is 0 Å². The van der Waals surface area contributed by atoms with E-state index in [0.717, 1.165) is 0 Å². The van der Waals surface area contributed by atoms with Crippen molar-refractivity contribution in [2.24, 2.45) is 5.73 Å². The highest BCUT2D eigenvalue weighted by Gasteiger charge is 2.33. The summed E-state index contributed by atoms with van der Waals surface area (Å²) in [5, 5.41) is 0.575. The van der Waals surface area contributed by atoms with Crippen molar-refractivity contribution in [2.75, 3.05) is 0 Å². The normalized spacial score (nSPS) is 20.1. The summed E-state index contributed by atoms with van der Waals surface area (Å²) in [4.78, 5) is 12.0. The minimum Gasteiger partial charge on any atom is -0.467 e. The number of ketones is 1. The van der Waals surface area contributed by atoms with Gasteiger partial charge in [0.15, 0.2) is 12.0 Å². The summed E-state index contributed by atoms with van der Waals surface area (Å²) in [6, 6.07) is 7.04. The molecule has 4 heteroatoms. The molecule has 0 amide bonds. The molecule has 1 aliphatic rings. The van der Waals surface area contributed by atoms with E-state index in [1.165, 1.54) is 0 Å². The lowest BCUT2D eigenvalue weighted by molar-refractivity contribution is -0.120. The third kappa shape index (κ3) is 1.78. The minimum absolute atomic E-state index is 0.0673. The Labute approximate surface area is 98.8 Å². The van der Waals surface area contributed by atoms with Crippen molar-refractivity contribution in [3.05, 3.63) is 40.7 Å². The van der Waals surface area contributed by atoms with Crippen LogP contribution in [0.25, 0.3) is 5.57 Å². The van der Waals surface area contributed by atoms with Gasteiger partial charge in [0.1, 0.15) is 0 Å². The van der Waals surface area contributed by atoms with Crippen LogP contribution in [-0.4, -0.2) is 11.9 Å².